The molecule has 0 atom stereocenters. The van der Waals surface area contributed by atoms with Crippen molar-refractivity contribution in [1.29, 1.82) is 0 Å². The number of hydrogen-bond acceptors (Lipinski definition) is 5. The molecule has 0 unspecified atom stereocenters. The number of fused-ring (bicyclic) bond motifs is 1. The molecule has 1 amide bonds. The minimum absolute atomic E-state index is 0.0719. The summed E-state index contributed by atoms with van der Waals surface area (Å²) in [4.78, 5) is 15.1. The quantitative estimate of drug-likeness (QED) is 0.484. The Morgan fingerprint density at radius 3 is 2.78 bits per heavy atom. The van der Waals surface area contributed by atoms with Gasteiger partial charge in [0.1, 0.15) is 5.75 Å². The molecule has 2 N–H and O–H groups in total. The van der Waals surface area contributed by atoms with E-state index in [-0.39, 0.29) is 12.5 Å². The van der Waals surface area contributed by atoms with Crippen molar-refractivity contribution in [1.82, 2.24) is 10.4 Å². The van der Waals surface area contributed by atoms with Crippen LogP contribution in [0.15, 0.2) is 59.8 Å². The Balaban J connectivity index is 1.27. The van der Waals surface area contributed by atoms with Gasteiger partial charge in [0, 0.05) is 34.2 Å². The van der Waals surface area contributed by atoms with E-state index in [1.165, 1.54) is 17.1 Å². The molecule has 1 fully saturated rings. The van der Waals surface area contributed by atoms with Gasteiger partial charge in [0.25, 0.3) is 5.91 Å². The number of nitrogens with one attached hydrogen (secondary N) is 2. The number of H-pyrrole nitrogens is 1. The van der Waals surface area contributed by atoms with Crippen LogP contribution in [0.3, 0.4) is 0 Å². The molecule has 0 bridgehead atoms. The van der Waals surface area contributed by atoms with Gasteiger partial charge in [-0.2, -0.15) is 5.10 Å². The summed E-state index contributed by atoms with van der Waals surface area (Å²) < 4.78 is 6.05. The van der Waals surface area contributed by atoms with Crippen molar-refractivity contribution in [2.75, 3.05) is 18.1 Å². The molecule has 1 aliphatic rings. The minimum atomic E-state index is -0.294. The van der Waals surface area contributed by atoms with Gasteiger partial charge in [0.2, 0.25) is 0 Å². The molecule has 0 saturated carbocycles. The fraction of sp³-hybridized carbons (Fsp3) is 0.200. The molecule has 0 radical (unpaired) electrons. The highest BCUT2D eigenvalue weighted by Crippen LogP contribution is 2.45. The molecule has 1 aromatic heterocycles. The maximum atomic E-state index is 11.9. The number of amides is 1. The fourth-order valence-electron chi connectivity index (χ4n) is 2.83. The van der Waals surface area contributed by atoms with Crippen LogP contribution in [0.4, 0.5) is 0 Å². The molecule has 138 valence electrons. The number of aromatic amines is 1. The molecule has 0 aliphatic carbocycles. The van der Waals surface area contributed by atoms with Crippen molar-refractivity contribution in [2.24, 2.45) is 5.10 Å². The summed E-state index contributed by atoms with van der Waals surface area (Å²) in [6.45, 7) is -0.0719. The lowest BCUT2D eigenvalue weighted by atomic mass is 10.2. The molecular formula is C20H19N3O2S2. The van der Waals surface area contributed by atoms with Gasteiger partial charge < -0.3 is 9.72 Å². The number of thioether (sulfide) groups is 2. The van der Waals surface area contributed by atoms with Crippen molar-refractivity contribution in [3.8, 4) is 5.75 Å². The van der Waals surface area contributed by atoms with Gasteiger partial charge in [0.05, 0.1) is 10.8 Å². The molecule has 0 spiro atoms. The Hall–Kier alpha value is -2.38. The first-order valence-corrected chi connectivity index (χ1v) is 10.7. The highest BCUT2D eigenvalue weighted by Gasteiger charge is 2.17. The number of hydrogen-bond donors (Lipinski definition) is 2. The highest BCUT2D eigenvalue weighted by atomic mass is 32.2. The molecule has 27 heavy (non-hydrogen) atoms. The normalized spacial score (nSPS) is 14.8. The molecule has 1 aliphatic heterocycles. The van der Waals surface area contributed by atoms with Crippen LogP contribution in [0.1, 0.15) is 15.7 Å². The number of hydrazone groups is 1. The predicted molar refractivity (Wildman–Crippen MR) is 114 cm³/mol. The Morgan fingerprint density at radius 2 is 1.96 bits per heavy atom. The third-order valence-corrected chi connectivity index (χ3v) is 7.26. The van der Waals surface area contributed by atoms with Gasteiger partial charge in [-0.3, -0.25) is 4.79 Å². The van der Waals surface area contributed by atoms with Crippen LogP contribution in [0.25, 0.3) is 10.9 Å². The maximum Gasteiger partial charge on any atom is 0.277 e. The second-order valence-corrected chi connectivity index (χ2v) is 8.74. The van der Waals surface area contributed by atoms with Crippen molar-refractivity contribution in [2.45, 2.75) is 4.58 Å². The molecule has 5 nitrogen and oxygen atoms in total. The minimum Gasteiger partial charge on any atom is -0.484 e. The van der Waals surface area contributed by atoms with Crippen LogP contribution >= 0.6 is 23.5 Å². The average molecular weight is 398 g/mol. The number of para-hydroxylation sites is 1. The van der Waals surface area contributed by atoms with Gasteiger partial charge in [-0.15, -0.1) is 23.5 Å². The van der Waals surface area contributed by atoms with E-state index < -0.39 is 0 Å². The number of benzene rings is 2. The first-order chi connectivity index (χ1) is 13.3. The molecule has 7 heteroatoms. The van der Waals surface area contributed by atoms with Crippen molar-refractivity contribution in [3.05, 3.63) is 65.9 Å². The predicted octanol–water partition coefficient (Wildman–Crippen LogP) is 4.18. The van der Waals surface area contributed by atoms with E-state index >= 15 is 0 Å². The van der Waals surface area contributed by atoms with Gasteiger partial charge >= 0.3 is 0 Å². The van der Waals surface area contributed by atoms with Crippen LogP contribution in [0, 0.1) is 0 Å². The summed E-state index contributed by atoms with van der Waals surface area (Å²) in [7, 11) is 0. The molecule has 4 rings (SSSR count). The van der Waals surface area contributed by atoms with E-state index in [0.717, 1.165) is 16.5 Å². The zero-order valence-corrected chi connectivity index (χ0v) is 16.2. The zero-order valence-electron chi connectivity index (χ0n) is 14.6. The lowest BCUT2D eigenvalue weighted by molar-refractivity contribution is -0.123. The second kappa shape index (κ2) is 8.54. The third-order valence-electron chi connectivity index (χ3n) is 4.16. The molecule has 1 saturated heterocycles. The molecule has 2 aromatic carbocycles. The summed E-state index contributed by atoms with van der Waals surface area (Å²) in [5, 5.41) is 5.07. The highest BCUT2D eigenvalue weighted by molar-refractivity contribution is 8.19. The largest absolute Gasteiger partial charge is 0.484 e. The third kappa shape index (κ3) is 4.48. The van der Waals surface area contributed by atoms with E-state index in [4.69, 9.17) is 4.74 Å². The molecule has 3 aromatic rings. The summed E-state index contributed by atoms with van der Waals surface area (Å²) in [5.74, 6) is 2.79. The van der Waals surface area contributed by atoms with Gasteiger partial charge in [0.15, 0.2) is 6.61 Å². The number of nitrogens with zero attached hydrogens (tertiary/aromatic N) is 1. The Labute approximate surface area is 165 Å². The molecular weight excluding hydrogens is 378 g/mol. The van der Waals surface area contributed by atoms with E-state index in [1.54, 1.807) is 6.21 Å². The van der Waals surface area contributed by atoms with Crippen LogP contribution in [-0.2, 0) is 4.79 Å². The number of carbonyl (C=O) groups is 1. The number of rotatable bonds is 6. The van der Waals surface area contributed by atoms with E-state index in [0.29, 0.717) is 10.3 Å². The smallest absolute Gasteiger partial charge is 0.277 e. The Kier molecular flexibility index (Phi) is 5.69. The topological polar surface area (TPSA) is 66.5 Å². The number of aromatic nitrogens is 1. The average Bonchev–Trinajstić information content (AvgIpc) is 3.37. The molecule has 2 heterocycles. The summed E-state index contributed by atoms with van der Waals surface area (Å²) in [5.41, 5.74) is 5.75. The van der Waals surface area contributed by atoms with E-state index in [2.05, 4.69) is 27.6 Å². The monoisotopic (exact) mass is 397 g/mol. The summed E-state index contributed by atoms with van der Waals surface area (Å²) in [6.07, 6.45) is 3.49. The van der Waals surface area contributed by atoms with Crippen molar-refractivity contribution in [3.63, 3.8) is 0 Å². The van der Waals surface area contributed by atoms with Crippen LogP contribution < -0.4 is 10.2 Å². The van der Waals surface area contributed by atoms with Gasteiger partial charge in [-0.05, 0) is 23.8 Å². The second-order valence-electron chi connectivity index (χ2n) is 6.01. The van der Waals surface area contributed by atoms with Crippen LogP contribution in [0.2, 0.25) is 0 Å². The number of ether oxygens (including phenoxy) is 1. The standard InChI is InChI=1S/C20H19N3O2S2/c24-19(23-22-12-15-11-21-18-4-2-1-3-17(15)18)13-25-16-7-5-14(6-8-16)20-26-9-10-27-20/h1-8,11-12,20-21H,9-10,13H2,(H,23,24)/b22-12-. The number of carbonyl (C=O) groups excluding carboxylic acids is 1. The van der Waals surface area contributed by atoms with E-state index in [1.807, 2.05) is 66.1 Å². The summed E-state index contributed by atoms with van der Waals surface area (Å²) >= 11 is 3.94. The lowest BCUT2D eigenvalue weighted by Crippen LogP contribution is -2.24. The lowest BCUT2D eigenvalue weighted by Gasteiger charge is -2.10. The fourth-order valence-corrected chi connectivity index (χ4v) is 5.69. The Bertz CT molecular complexity index is 947. The van der Waals surface area contributed by atoms with Gasteiger partial charge in [-0.25, -0.2) is 5.43 Å². The van der Waals surface area contributed by atoms with Crippen LogP contribution in [0.5, 0.6) is 5.75 Å². The zero-order chi connectivity index (χ0) is 18.5. The SMILES string of the molecule is O=C(COc1ccc(C2SCCS2)cc1)N/N=C\c1c[nH]c2ccccc12. The van der Waals surface area contributed by atoms with Crippen LogP contribution in [-0.4, -0.2) is 35.2 Å². The first-order valence-electron chi connectivity index (χ1n) is 8.63. The Morgan fingerprint density at radius 1 is 1.19 bits per heavy atom. The van der Waals surface area contributed by atoms with Crippen molar-refractivity contribution >= 4 is 46.5 Å². The van der Waals surface area contributed by atoms with Crippen molar-refractivity contribution < 1.29 is 9.53 Å². The van der Waals surface area contributed by atoms with Gasteiger partial charge in [-0.1, -0.05) is 30.3 Å². The first kappa shape index (κ1) is 18.0. The summed E-state index contributed by atoms with van der Waals surface area (Å²) in [6, 6.07) is 15.9. The maximum absolute atomic E-state index is 11.9. The van der Waals surface area contributed by atoms with E-state index in [9.17, 15) is 4.79 Å².